The number of hydrogen-bond acceptors (Lipinski definition) is 3. The summed E-state index contributed by atoms with van der Waals surface area (Å²) in [6, 6.07) is -0.537. The molecule has 0 aromatic heterocycles. The molecule has 2 atom stereocenters. The summed E-state index contributed by atoms with van der Waals surface area (Å²) in [5.74, 6) is -0.0326. The molecule has 0 spiro atoms. The van der Waals surface area contributed by atoms with Crippen LogP contribution >= 0.6 is 0 Å². The molecule has 1 amide bonds. The van der Waals surface area contributed by atoms with Crippen LogP contribution in [0, 0.1) is 0 Å². The lowest BCUT2D eigenvalue weighted by molar-refractivity contribution is -0.123. The van der Waals surface area contributed by atoms with Crippen LogP contribution in [0.1, 0.15) is 271 Å². The Morgan fingerprint density at radius 3 is 1.11 bits per heavy atom. The summed E-state index contributed by atoms with van der Waals surface area (Å²) in [5, 5.41) is 23.3. The average molecular weight is 760 g/mol. The first-order valence-corrected chi connectivity index (χ1v) is 24.5. The van der Waals surface area contributed by atoms with Crippen molar-refractivity contribution in [1.82, 2.24) is 5.32 Å². The van der Waals surface area contributed by atoms with Crippen LogP contribution in [0.2, 0.25) is 0 Å². The van der Waals surface area contributed by atoms with Gasteiger partial charge in [0.2, 0.25) is 5.91 Å². The van der Waals surface area contributed by atoms with Crippen molar-refractivity contribution in [1.29, 1.82) is 0 Å². The lowest BCUT2D eigenvalue weighted by Crippen LogP contribution is -2.45. The van der Waals surface area contributed by atoms with E-state index in [4.69, 9.17) is 0 Å². The quantitative estimate of drug-likeness (QED) is 0.0428. The maximum atomic E-state index is 12.4. The number of carbonyl (C=O) groups excluding carboxylic acids is 1. The molecule has 0 saturated carbocycles. The zero-order chi connectivity index (χ0) is 39.3. The molecule has 3 N–H and O–H groups in total. The van der Waals surface area contributed by atoms with E-state index in [1.165, 1.54) is 212 Å². The second-order valence-corrected chi connectivity index (χ2v) is 16.9. The smallest absolute Gasteiger partial charge is 0.220 e. The summed E-state index contributed by atoms with van der Waals surface area (Å²) >= 11 is 0. The van der Waals surface area contributed by atoms with Crippen LogP contribution in [0.4, 0.5) is 0 Å². The van der Waals surface area contributed by atoms with Gasteiger partial charge in [-0.2, -0.15) is 0 Å². The summed E-state index contributed by atoms with van der Waals surface area (Å²) in [6.07, 6.45) is 59.8. The number of aliphatic hydroxyl groups excluding tert-OH is 2. The fourth-order valence-corrected chi connectivity index (χ4v) is 7.69. The highest BCUT2D eigenvalue weighted by molar-refractivity contribution is 5.76. The molecule has 4 heteroatoms. The number of unbranched alkanes of at least 4 members (excludes halogenated alkanes) is 34. The third-order valence-corrected chi connectivity index (χ3v) is 11.5. The Morgan fingerprint density at radius 2 is 0.759 bits per heavy atom. The van der Waals surface area contributed by atoms with Gasteiger partial charge in [-0.25, -0.2) is 0 Å². The maximum absolute atomic E-state index is 12.4. The Hall–Kier alpha value is -1.13. The second kappa shape index (κ2) is 46.3. The van der Waals surface area contributed by atoms with Crippen molar-refractivity contribution >= 4 is 5.91 Å². The number of rotatable bonds is 45. The highest BCUT2D eigenvalue weighted by Gasteiger charge is 2.20. The van der Waals surface area contributed by atoms with Crippen molar-refractivity contribution in [2.45, 2.75) is 283 Å². The van der Waals surface area contributed by atoms with E-state index in [-0.39, 0.29) is 12.5 Å². The molecule has 0 aromatic carbocycles. The van der Waals surface area contributed by atoms with Crippen LogP contribution in [0.15, 0.2) is 24.3 Å². The molecule has 0 aliphatic heterocycles. The lowest BCUT2D eigenvalue weighted by atomic mass is 10.0. The predicted octanol–water partition coefficient (Wildman–Crippen LogP) is 15.6. The van der Waals surface area contributed by atoms with Gasteiger partial charge in [0, 0.05) is 6.42 Å². The molecular formula is C50H97NO3. The number of amides is 1. The van der Waals surface area contributed by atoms with Crippen LogP contribution in [-0.4, -0.2) is 34.9 Å². The van der Waals surface area contributed by atoms with E-state index in [9.17, 15) is 15.0 Å². The highest BCUT2D eigenvalue weighted by Crippen LogP contribution is 2.17. The summed E-state index contributed by atoms with van der Waals surface area (Å²) in [4.78, 5) is 12.4. The van der Waals surface area contributed by atoms with Crippen molar-refractivity contribution in [3.8, 4) is 0 Å². The number of allylic oxidation sites excluding steroid dienone is 4. The van der Waals surface area contributed by atoms with E-state index >= 15 is 0 Å². The second-order valence-electron chi connectivity index (χ2n) is 16.9. The first-order valence-electron chi connectivity index (χ1n) is 24.5. The molecule has 0 aromatic rings. The van der Waals surface area contributed by atoms with Crippen molar-refractivity contribution in [2.24, 2.45) is 0 Å². The van der Waals surface area contributed by atoms with Gasteiger partial charge in [-0.15, -0.1) is 0 Å². The van der Waals surface area contributed by atoms with Crippen molar-refractivity contribution in [3.63, 3.8) is 0 Å². The van der Waals surface area contributed by atoms with Crippen LogP contribution < -0.4 is 5.32 Å². The predicted molar refractivity (Wildman–Crippen MR) is 239 cm³/mol. The number of carbonyl (C=O) groups is 1. The first kappa shape index (κ1) is 52.9. The highest BCUT2D eigenvalue weighted by atomic mass is 16.3. The van der Waals surface area contributed by atoms with E-state index in [1.54, 1.807) is 0 Å². The van der Waals surface area contributed by atoms with Crippen LogP contribution in [0.25, 0.3) is 0 Å². The Kier molecular flexibility index (Phi) is 45.3. The first-order chi connectivity index (χ1) is 26.7. The van der Waals surface area contributed by atoms with Gasteiger partial charge >= 0.3 is 0 Å². The van der Waals surface area contributed by atoms with E-state index < -0.39 is 12.1 Å². The molecule has 0 bridgehead atoms. The summed E-state index contributed by atoms with van der Waals surface area (Å²) in [6.45, 7) is 4.37. The van der Waals surface area contributed by atoms with E-state index in [0.29, 0.717) is 12.8 Å². The minimum absolute atomic E-state index is 0.0326. The SMILES string of the molecule is CCCCCCC/C=C\C/C=C\CCCCCCCCCCCC(=O)NC(CO)C(O)CCCCCCCCCCCCCCCCCCCCCCC. The summed E-state index contributed by atoms with van der Waals surface area (Å²) < 4.78 is 0. The van der Waals surface area contributed by atoms with Gasteiger partial charge in [0.25, 0.3) is 0 Å². The minimum Gasteiger partial charge on any atom is -0.394 e. The molecule has 2 unspecified atom stereocenters. The minimum atomic E-state index is -0.660. The Morgan fingerprint density at radius 1 is 0.444 bits per heavy atom. The van der Waals surface area contributed by atoms with Crippen molar-refractivity contribution in [2.75, 3.05) is 6.61 Å². The van der Waals surface area contributed by atoms with E-state index in [1.807, 2.05) is 0 Å². The average Bonchev–Trinajstić information content (AvgIpc) is 3.18. The van der Waals surface area contributed by atoms with Gasteiger partial charge in [0.05, 0.1) is 18.8 Å². The molecule has 0 fully saturated rings. The third kappa shape index (κ3) is 42.0. The number of hydrogen-bond donors (Lipinski definition) is 3. The fourth-order valence-electron chi connectivity index (χ4n) is 7.69. The summed E-state index contributed by atoms with van der Waals surface area (Å²) in [5.41, 5.74) is 0. The molecule has 0 aliphatic rings. The van der Waals surface area contributed by atoms with Gasteiger partial charge in [-0.05, 0) is 44.9 Å². The van der Waals surface area contributed by atoms with Gasteiger partial charge in [-0.1, -0.05) is 244 Å². The Bertz CT molecular complexity index is 780. The van der Waals surface area contributed by atoms with Gasteiger partial charge < -0.3 is 15.5 Å². The third-order valence-electron chi connectivity index (χ3n) is 11.5. The molecule has 4 nitrogen and oxygen atoms in total. The van der Waals surface area contributed by atoms with E-state index in [2.05, 4.69) is 43.5 Å². The molecule has 0 radical (unpaired) electrons. The Balaban J connectivity index is 3.49. The van der Waals surface area contributed by atoms with Gasteiger partial charge in [0.1, 0.15) is 0 Å². The number of nitrogens with one attached hydrogen (secondary N) is 1. The van der Waals surface area contributed by atoms with Gasteiger partial charge in [0.15, 0.2) is 0 Å². The molecule has 0 rings (SSSR count). The zero-order valence-electron chi connectivity index (χ0n) is 36.8. The Labute approximate surface area is 339 Å². The lowest BCUT2D eigenvalue weighted by Gasteiger charge is -2.22. The summed E-state index contributed by atoms with van der Waals surface area (Å²) in [7, 11) is 0. The normalized spacial score (nSPS) is 13.0. The maximum Gasteiger partial charge on any atom is 0.220 e. The van der Waals surface area contributed by atoms with Crippen LogP contribution in [0.5, 0.6) is 0 Å². The van der Waals surface area contributed by atoms with Crippen molar-refractivity contribution in [3.05, 3.63) is 24.3 Å². The standard InChI is InChI=1S/C50H97NO3/c1-3-5-7-9-11-13-15-17-19-21-23-25-27-29-31-33-35-37-39-41-43-45-49(53)48(47-52)51-50(54)46-44-42-40-38-36-34-32-30-28-26-24-22-20-18-16-14-12-10-8-6-4-2/h16,18,22,24,48-49,52-53H,3-15,17,19-21,23,25-47H2,1-2H3,(H,51,54)/b18-16-,24-22-. The van der Waals surface area contributed by atoms with Crippen LogP contribution in [-0.2, 0) is 4.79 Å². The van der Waals surface area contributed by atoms with E-state index in [0.717, 1.165) is 32.1 Å². The topological polar surface area (TPSA) is 69.6 Å². The molecule has 0 aliphatic carbocycles. The number of aliphatic hydroxyl groups is 2. The molecule has 320 valence electrons. The molecule has 0 saturated heterocycles. The molecular weight excluding hydrogens is 663 g/mol. The monoisotopic (exact) mass is 760 g/mol. The zero-order valence-corrected chi connectivity index (χ0v) is 36.8. The van der Waals surface area contributed by atoms with Gasteiger partial charge in [-0.3, -0.25) is 4.79 Å². The van der Waals surface area contributed by atoms with Crippen LogP contribution in [0.3, 0.4) is 0 Å². The van der Waals surface area contributed by atoms with Crippen molar-refractivity contribution < 1.29 is 15.0 Å². The molecule has 54 heavy (non-hydrogen) atoms. The largest absolute Gasteiger partial charge is 0.394 e. The molecule has 0 heterocycles. The fraction of sp³-hybridized carbons (Fsp3) is 0.900.